The Morgan fingerprint density at radius 1 is 1.50 bits per heavy atom. The molecule has 0 amide bonds. The van der Waals surface area contributed by atoms with Crippen molar-refractivity contribution in [2.45, 2.75) is 6.92 Å². The number of aromatic nitrogens is 2. The Balaban J connectivity index is 3.08. The monoisotopic (exact) mass is 109 g/mol. The van der Waals surface area contributed by atoms with E-state index in [0.717, 1.165) is 5.69 Å². The van der Waals surface area contributed by atoms with E-state index in [1.165, 1.54) is 6.20 Å². The number of aryl methyl sites for hydroxylation is 1. The second kappa shape index (κ2) is 1.78. The van der Waals surface area contributed by atoms with Crippen LogP contribution in [0.25, 0.3) is 0 Å². The first kappa shape index (κ1) is 5.03. The molecule has 8 heavy (non-hydrogen) atoms. The third-order valence-electron chi connectivity index (χ3n) is 0.774. The van der Waals surface area contributed by atoms with E-state index in [2.05, 4.69) is 9.97 Å². The van der Waals surface area contributed by atoms with Gasteiger partial charge in [0.2, 0.25) is 0 Å². The van der Waals surface area contributed by atoms with Gasteiger partial charge in [-0.2, -0.15) is 0 Å². The minimum Gasteiger partial charge on any atom is -0.382 e. The maximum atomic E-state index is 5.28. The molecule has 1 heterocycles. The molecule has 0 atom stereocenters. The van der Waals surface area contributed by atoms with Crippen molar-refractivity contribution in [3.8, 4) is 0 Å². The summed E-state index contributed by atoms with van der Waals surface area (Å²) in [6.45, 7) is 1.85. The lowest BCUT2D eigenvalue weighted by atomic mass is 10.5. The van der Waals surface area contributed by atoms with Crippen LogP contribution < -0.4 is 5.73 Å². The molecule has 2 N–H and O–H groups in total. The number of hydrogen-bond donors (Lipinski definition) is 1. The molecule has 0 spiro atoms. The fraction of sp³-hybridized carbons (Fsp3) is 0.200. The zero-order chi connectivity index (χ0) is 5.98. The lowest BCUT2D eigenvalue weighted by Gasteiger charge is -1.89. The minimum atomic E-state index is 0.477. The number of rotatable bonds is 0. The van der Waals surface area contributed by atoms with Crippen molar-refractivity contribution in [2.75, 3.05) is 5.73 Å². The zero-order valence-corrected chi connectivity index (χ0v) is 4.63. The number of hydrogen-bond acceptors (Lipinski definition) is 3. The van der Waals surface area contributed by atoms with Gasteiger partial charge in [-0.05, 0) is 6.92 Å². The van der Waals surface area contributed by atoms with E-state index in [1.54, 1.807) is 6.20 Å². The van der Waals surface area contributed by atoms with Gasteiger partial charge in [0.25, 0.3) is 0 Å². The van der Waals surface area contributed by atoms with Gasteiger partial charge in [0.1, 0.15) is 5.82 Å². The van der Waals surface area contributed by atoms with Gasteiger partial charge in [0.05, 0.1) is 11.9 Å². The van der Waals surface area contributed by atoms with Crippen LogP contribution in [0.15, 0.2) is 12.4 Å². The molecule has 1 rings (SSSR count). The van der Waals surface area contributed by atoms with Gasteiger partial charge in [-0.1, -0.05) is 0 Å². The van der Waals surface area contributed by atoms with Crippen molar-refractivity contribution >= 4 is 5.82 Å². The summed E-state index contributed by atoms with van der Waals surface area (Å²) in [5, 5.41) is 0. The molecular weight excluding hydrogens is 102 g/mol. The predicted octanol–water partition coefficient (Wildman–Crippen LogP) is 0.367. The molecule has 0 fully saturated rings. The van der Waals surface area contributed by atoms with Gasteiger partial charge in [-0.15, -0.1) is 0 Å². The van der Waals surface area contributed by atoms with E-state index in [4.69, 9.17) is 5.73 Å². The molecule has 0 unspecified atom stereocenters. The summed E-state index contributed by atoms with van der Waals surface area (Å²) in [4.78, 5) is 7.69. The molecule has 42 valence electrons. The highest BCUT2D eigenvalue weighted by Crippen LogP contribution is 1.92. The van der Waals surface area contributed by atoms with Crippen molar-refractivity contribution in [1.82, 2.24) is 9.97 Å². The molecule has 3 heteroatoms. The molecule has 0 aliphatic carbocycles. The predicted molar refractivity (Wildman–Crippen MR) is 31.2 cm³/mol. The Hall–Kier alpha value is -1.12. The zero-order valence-electron chi connectivity index (χ0n) is 4.63. The first-order valence-electron chi connectivity index (χ1n) is 2.33. The number of nitrogens with two attached hydrogens (primary N) is 1. The normalized spacial score (nSPS) is 9.12. The van der Waals surface area contributed by atoms with E-state index in [1.807, 2.05) is 6.92 Å². The van der Waals surface area contributed by atoms with Crippen LogP contribution in [0.4, 0.5) is 5.82 Å². The fourth-order valence-electron chi connectivity index (χ4n) is 0.483. The molecule has 0 saturated heterocycles. The van der Waals surface area contributed by atoms with Gasteiger partial charge in [0, 0.05) is 6.20 Å². The van der Waals surface area contributed by atoms with Crippen LogP contribution in [0.5, 0.6) is 0 Å². The topological polar surface area (TPSA) is 51.8 Å². The van der Waals surface area contributed by atoms with E-state index in [-0.39, 0.29) is 0 Å². The molecular formula is C5H7N3. The summed E-state index contributed by atoms with van der Waals surface area (Å²) in [7, 11) is 0. The molecule has 0 aliphatic rings. The average Bonchev–Trinajstić information content (AvgIpc) is 1.64. The maximum absolute atomic E-state index is 5.28. The largest absolute Gasteiger partial charge is 0.382 e. The Kier molecular flexibility index (Phi) is 1.12. The van der Waals surface area contributed by atoms with Gasteiger partial charge < -0.3 is 5.73 Å². The highest BCUT2D eigenvalue weighted by molar-refractivity contribution is 5.23. The van der Waals surface area contributed by atoms with Crippen LogP contribution in [0.2, 0.25) is 0 Å². The van der Waals surface area contributed by atoms with Gasteiger partial charge in [0.15, 0.2) is 0 Å². The first-order chi connectivity index (χ1) is 3.79. The Labute approximate surface area is 47.6 Å². The molecule has 1 aromatic heterocycles. The van der Waals surface area contributed by atoms with Gasteiger partial charge in [-0.25, -0.2) is 4.98 Å². The van der Waals surface area contributed by atoms with Crippen LogP contribution in [0.3, 0.4) is 0 Å². The summed E-state index contributed by atoms with van der Waals surface area (Å²) >= 11 is 0. The van der Waals surface area contributed by atoms with Crippen LogP contribution >= 0.6 is 0 Å². The lowest BCUT2D eigenvalue weighted by Crippen LogP contribution is -1.91. The lowest BCUT2D eigenvalue weighted by molar-refractivity contribution is 1.13. The molecule has 3 nitrogen and oxygen atoms in total. The maximum Gasteiger partial charge on any atom is 0.142 e. The number of nitrogen functional groups attached to an aromatic ring is 1. The molecule has 0 aromatic carbocycles. The second-order valence-corrected chi connectivity index (χ2v) is 1.59. The molecule has 0 saturated carbocycles. The van der Waals surface area contributed by atoms with E-state index < -0.39 is 0 Å². The van der Waals surface area contributed by atoms with Crippen LogP contribution in [-0.2, 0) is 0 Å². The summed E-state index contributed by atoms with van der Waals surface area (Å²) in [5.41, 5.74) is 6.14. The Bertz CT molecular complexity index is 168. The summed E-state index contributed by atoms with van der Waals surface area (Å²) in [5.74, 6) is 0.477. The highest BCUT2D eigenvalue weighted by atomic mass is 14.9. The van der Waals surface area contributed by atoms with E-state index in [9.17, 15) is 0 Å². The van der Waals surface area contributed by atoms with Crippen LogP contribution in [0.1, 0.15) is 5.69 Å². The summed E-state index contributed by atoms with van der Waals surface area (Å²) in [6.07, 6.45) is 3.18. The average molecular weight is 109 g/mol. The molecule has 1 aromatic rings. The van der Waals surface area contributed by atoms with Gasteiger partial charge in [-0.3, -0.25) is 4.98 Å². The molecule has 0 bridgehead atoms. The minimum absolute atomic E-state index is 0.477. The fourth-order valence-corrected chi connectivity index (χ4v) is 0.483. The van der Waals surface area contributed by atoms with Crippen molar-refractivity contribution in [3.05, 3.63) is 18.1 Å². The van der Waals surface area contributed by atoms with Crippen molar-refractivity contribution in [2.24, 2.45) is 0 Å². The SMILES string of the molecule is Cc1cncc(N)n1. The van der Waals surface area contributed by atoms with E-state index >= 15 is 0 Å². The highest BCUT2D eigenvalue weighted by Gasteiger charge is 1.83. The van der Waals surface area contributed by atoms with E-state index in [0.29, 0.717) is 5.82 Å². The van der Waals surface area contributed by atoms with Crippen molar-refractivity contribution in [1.29, 1.82) is 0 Å². The molecule has 0 aliphatic heterocycles. The second-order valence-electron chi connectivity index (χ2n) is 1.59. The standard InChI is InChI=1S/C5H7N3/c1-4-2-7-3-5(6)8-4/h2-3H,1H3,(H2,6,8). The third-order valence-corrected chi connectivity index (χ3v) is 0.774. The first-order valence-corrected chi connectivity index (χ1v) is 2.33. The smallest absolute Gasteiger partial charge is 0.142 e. The van der Waals surface area contributed by atoms with Crippen molar-refractivity contribution < 1.29 is 0 Å². The van der Waals surface area contributed by atoms with Crippen LogP contribution in [0, 0.1) is 6.92 Å². The molecule has 0 radical (unpaired) electrons. The number of nitrogens with zero attached hydrogens (tertiary/aromatic N) is 2. The van der Waals surface area contributed by atoms with Gasteiger partial charge >= 0.3 is 0 Å². The Morgan fingerprint density at radius 2 is 2.25 bits per heavy atom. The summed E-state index contributed by atoms with van der Waals surface area (Å²) < 4.78 is 0. The quantitative estimate of drug-likeness (QED) is 0.523. The van der Waals surface area contributed by atoms with Crippen molar-refractivity contribution in [3.63, 3.8) is 0 Å². The number of anilines is 1. The van der Waals surface area contributed by atoms with Crippen LogP contribution in [-0.4, -0.2) is 9.97 Å². The summed E-state index contributed by atoms with van der Waals surface area (Å²) in [6, 6.07) is 0. The third kappa shape index (κ3) is 0.932. The Morgan fingerprint density at radius 3 is 2.62 bits per heavy atom.